The average molecular weight is 445 g/mol. The van der Waals surface area contributed by atoms with Crippen LogP contribution in [0.1, 0.15) is 43.4 Å². The molecule has 0 aliphatic rings. The van der Waals surface area contributed by atoms with Gasteiger partial charge in [-0.25, -0.2) is 9.36 Å². The number of aromatic hydroxyl groups is 1. The molecule has 2 aromatic heterocycles. The highest BCUT2D eigenvalue weighted by Gasteiger charge is 2.21. The van der Waals surface area contributed by atoms with Crippen LogP contribution in [0.4, 0.5) is 0 Å². The zero-order valence-corrected chi connectivity index (χ0v) is 19.1. The molecule has 4 aromatic rings. The van der Waals surface area contributed by atoms with Gasteiger partial charge in [-0.05, 0) is 49.4 Å². The van der Waals surface area contributed by atoms with E-state index in [4.69, 9.17) is 4.99 Å². The lowest BCUT2D eigenvalue weighted by Gasteiger charge is -2.16. The number of hydrogen-bond acceptors (Lipinski definition) is 4. The van der Waals surface area contributed by atoms with Crippen LogP contribution in [0.5, 0.6) is 5.88 Å². The summed E-state index contributed by atoms with van der Waals surface area (Å²) in [5, 5.41) is 12.2. The zero-order valence-electron chi connectivity index (χ0n) is 19.1. The van der Waals surface area contributed by atoms with E-state index in [1.54, 1.807) is 12.1 Å². The number of aryl methyl sites for hydroxylation is 1. The van der Waals surface area contributed by atoms with Crippen molar-refractivity contribution in [2.45, 2.75) is 46.1 Å². The van der Waals surface area contributed by atoms with Gasteiger partial charge in [0.25, 0.3) is 5.56 Å². The number of para-hydroxylation sites is 2. The molecule has 0 spiro atoms. The number of aliphatic imine (C=N–C) groups is 1. The van der Waals surface area contributed by atoms with Gasteiger partial charge < -0.3 is 10.1 Å². The first-order valence-electron chi connectivity index (χ1n) is 11.2. The van der Waals surface area contributed by atoms with Gasteiger partial charge in [0.15, 0.2) is 0 Å². The second kappa shape index (κ2) is 9.32. The third kappa shape index (κ3) is 4.26. The molecule has 3 N–H and O–H groups in total. The number of hydrogen-bond donors (Lipinski definition) is 3. The van der Waals surface area contributed by atoms with Crippen molar-refractivity contribution in [3.05, 3.63) is 92.3 Å². The Morgan fingerprint density at radius 2 is 1.82 bits per heavy atom. The van der Waals surface area contributed by atoms with Gasteiger partial charge in [-0.15, -0.1) is 0 Å². The van der Waals surface area contributed by atoms with Crippen molar-refractivity contribution in [1.82, 2.24) is 14.5 Å². The second-order valence-electron chi connectivity index (χ2n) is 8.13. The van der Waals surface area contributed by atoms with E-state index >= 15 is 0 Å². The smallest absolute Gasteiger partial charge is 0.335 e. The summed E-state index contributed by atoms with van der Waals surface area (Å²) in [5.41, 5.74) is 2.73. The van der Waals surface area contributed by atoms with Crippen LogP contribution in [-0.4, -0.2) is 31.4 Å². The molecule has 170 valence electrons. The Labute approximate surface area is 191 Å². The van der Waals surface area contributed by atoms with E-state index in [-0.39, 0.29) is 17.5 Å². The molecule has 1 atom stereocenters. The van der Waals surface area contributed by atoms with E-state index in [2.05, 4.69) is 23.0 Å². The zero-order chi connectivity index (χ0) is 23.5. The second-order valence-corrected chi connectivity index (χ2v) is 8.13. The number of benzene rings is 2. The van der Waals surface area contributed by atoms with Gasteiger partial charge in [-0.2, -0.15) is 0 Å². The first-order chi connectivity index (χ1) is 15.9. The summed E-state index contributed by atoms with van der Waals surface area (Å²) in [7, 11) is 0. The quantitative estimate of drug-likeness (QED) is 0.371. The number of H-pyrrole nitrogens is 2. The normalized spacial score (nSPS) is 12.9. The van der Waals surface area contributed by atoms with Crippen molar-refractivity contribution in [3.63, 3.8) is 0 Å². The van der Waals surface area contributed by atoms with Crippen LogP contribution in [0.2, 0.25) is 0 Å². The van der Waals surface area contributed by atoms with E-state index in [0.29, 0.717) is 24.2 Å². The highest BCUT2D eigenvalue weighted by atomic mass is 16.3. The van der Waals surface area contributed by atoms with Crippen molar-refractivity contribution in [2.24, 2.45) is 4.99 Å². The van der Waals surface area contributed by atoms with E-state index < -0.39 is 11.2 Å². The number of nitrogens with one attached hydrogen (secondary N) is 2. The van der Waals surface area contributed by atoms with Gasteiger partial charge in [0.2, 0.25) is 5.88 Å². The fraction of sp³-hybridized carbons (Fsp3) is 0.269. The minimum Gasteiger partial charge on any atom is -0.493 e. The van der Waals surface area contributed by atoms with Crippen LogP contribution in [0.15, 0.2) is 69.3 Å². The first-order valence-corrected chi connectivity index (χ1v) is 11.2. The molecule has 0 radical (unpaired) electrons. The van der Waals surface area contributed by atoms with Crippen LogP contribution in [-0.2, 0) is 6.42 Å². The highest BCUT2D eigenvalue weighted by Crippen LogP contribution is 2.23. The maximum atomic E-state index is 12.8. The van der Waals surface area contributed by atoms with Crippen molar-refractivity contribution < 1.29 is 5.11 Å². The van der Waals surface area contributed by atoms with E-state index in [0.717, 1.165) is 33.0 Å². The first kappa shape index (κ1) is 22.3. The Morgan fingerprint density at radius 1 is 1.09 bits per heavy atom. The van der Waals surface area contributed by atoms with Gasteiger partial charge >= 0.3 is 5.69 Å². The summed E-state index contributed by atoms with van der Waals surface area (Å²) >= 11 is 0. The maximum Gasteiger partial charge on any atom is 0.335 e. The predicted octanol–water partition coefficient (Wildman–Crippen LogP) is 4.24. The third-order valence-electron chi connectivity index (χ3n) is 6.01. The van der Waals surface area contributed by atoms with E-state index in [9.17, 15) is 14.7 Å². The lowest BCUT2D eigenvalue weighted by molar-refractivity contribution is 0.429. The van der Waals surface area contributed by atoms with Crippen LogP contribution in [0.3, 0.4) is 0 Å². The molecule has 0 saturated heterocycles. The molecule has 0 saturated carbocycles. The third-order valence-corrected chi connectivity index (χ3v) is 6.01. The van der Waals surface area contributed by atoms with Gasteiger partial charge in [0, 0.05) is 17.1 Å². The molecule has 0 amide bonds. The largest absolute Gasteiger partial charge is 0.493 e. The summed E-state index contributed by atoms with van der Waals surface area (Å²) < 4.78 is 1.14. The molecule has 7 heteroatoms. The summed E-state index contributed by atoms with van der Waals surface area (Å²) in [6.07, 6.45) is 3.89. The standard InChI is InChI=1S/C26H28N4O3/c1-4-18(14-17-15-27-21-12-8-7-11-19(17)21)28-20(5-2)23-24(31)29-26(33)30(25(23)32)22-13-9-6-10-16(22)3/h6-13,15,18,27,32H,4-5,14H2,1-3H3,(H,29,31,33). The van der Waals surface area contributed by atoms with E-state index in [1.807, 2.05) is 50.4 Å². The Balaban J connectivity index is 1.79. The van der Waals surface area contributed by atoms with Gasteiger partial charge in [-0.1, -0.05) is 50.2 Å². The Hall–Kier alpha value is -3.87. The summed E-state index contributed by atoms with van der Waals surface area (Å²) in [6, 6.07) is 15.2. The topological polar surface area (TPSA) is 103 Å². The van der Waals surface area contributed by atoms with Crippen LogP contribution < -0.4 is 11.2 Å². The molecule has 33 heavy (non-hydrogen) atoms. The van der Waals surface area contributed by atoms with Crippen molar-refractivity contribution in [3.8, 4) is 11.6 Å². The number of fused-ring (bicyclic) bond motifs is 1. The molecule has 2 aromatic carbocycles. The number of rotatable bonds is 7. The van der Waals surface area contributed by atoms with Crippen LogP contribution in [0, 0.1) is 6.92 Å². The molecule has 0 aliphatic heterocycles. The van der Waals surface area contributed by atoms with Crippen LogP contribution >= 0.6 is 0 Å². The average Bonchev–Trinajstić information content (AvgIpc) is 3.21. The lowest BCUT2D eigenvalue weighted by Crippen LogP contribution is -2.33. The molecule has 0 bridgehead atoms. The summed E-state index contributed by atoms with van der Waals surface area (Å²) in [4.78, 5) is 35.9. The molecule has 0 aliphatic carbocycles. The molecule has 1 unspecified atom stereocenters. The van der Waals surface area contributed by atoms with Crippen LogP contribution in [0.25, 0.3) is 16.6 Å². The molecule has 0 fully saturated rings. The molecule has 7 nitrogen and oxygen atoms in total. The molecular weight excluding hydrogens is 416 g/mol. The Kier molecular flexibility index (Phi) is 6.31. The predicted molar refractivity (Wildman–Crippen MR) is 132 cm³/mol. The minimum atomic E-state index is -0.683. The monoisotopic (exact) mass is 444 g/mol. The number of nitrogens with zero attached hydrogens (tertiary/aromatic N) is 2. The minimum absolute atomic E-state index is 0.0396. The summed E-state index contributed by atoms with van der Waals surface area (Å²) in [5.74, 6) is -0.388. The number of aromatic amines is 2. The van der Waals surface area contributed by atoms with Gasteiger partial charge in [0.1, 0.15) is 5.56 Å². The van der Waals surface area contributed by atoms with Crippen molar-refractivity contribution >= 4 is 16.6 Å². The SMILES string of the molecule is CCC(=NC(CC)Cc1c[nH]c2ccccc12)c1c(O)n(-c2ccccc2C)c(=O)[nH]c1=O. The van der Waals surface area contributed by atoms with Gasteiger partial charge in [0.05, 0.1) is 17.4 Å². The number of aromatic nitrogens is 3. The lowest BCUT2D eigenvalue weighted by atomic mass is 10.0. The van der Waals surface area contributed by atoms with Gasteiger partial charge in [-0.3, -0.25) is 14.8 Å². The fourth-order valence-electron chi connectivity index (χ4n) is 4.21. The molecule has 2 heterocycles. The molecular formula is C26H28N4O3. The fourth-order valence-corrected chi connectivity index (χ4v) is 4.21. The van der Waals surface area contributed by atoms with E-state index in [1.165, 1.54) is 0 Å². The summed E-state index contributed by atoms with van der Waals surface area (Å²) in [6.45, 7) is 5.78. The Morgan fingerprint density at radius 3 is 2.55 bits per heavy atom. The maximum absolute atomic E-state index is 12.8. The van der Waals surface area contributed by atoms with Crippen molar-refractivity contribution in [2.75, 3.05) is 0 Å². The Bertz CT molecular complexity index is 1440. The highest BCUT2D eigenvalue weighted by molar-refractivity contribution is 6.02. The van der Waals surface area contributed by atoms with Crippen molar-refractivity contribution in [1.29, 1.82) is 0 Å². The molecule has 4 rings (SSSR count).